The maximum Gasteiger partial charge on any atom is 0.271 e. The first kappa shape index (κ1) is 23.1. The fourth-order valence-corrected chi connectivity index (χ4v) is 4.09. The number of rotatable bonds is 8. The average molecular weight is 452 g/mol. The van der Waals surface area contributed by atoms with E-state index in [-0.39, 0.29) is 5.91 Å². The van der Waals surface area contributed by atoms with Crippen LogP contribution in [0, 0.1) is 11.3 Å². The second kappa shape index (κ2) is 11.7. The lowest BCUT2D eigenvalue weighted by molar-refractivity contribution is 0.0955. The molecule has 0 atom stereocenters. The Bertz CT molecular complexity index is 1160. The molecule has 6 heteroatoms. The number of nitriles is 1. The van der Waals surface area contributed by atoms with Gasteiger partial charge in [0.25, 0.3) is 5.91 Å². The van der Waals surface area contributed by atoms with Crippen LogP contribution in [0.15, 0.2) is 77.9 Å². The van der Waals surface area contributed by atoms with Gasteiger partial charge in [0, 0.05) is 18.2 Å². The molecule has 0 aliphatic heterocycles. The van der Waals surface area contributed by atoms with E-state index in [2.05, 4.69) is 39.4 Å². The number of carbonyl (C=O) groups is 1. The summed E-state index contributed by atoms with van der Waals surface area (Å²) in [6, 6.07) is 25.4. The first-order valence-electron chi connectivity index (χ1n) is 11.7. The Morgan fingerprint density at radius 2 is 1.74 bits per heavy atom. The van der Waals surface area contributed by atoms with Crippen molar-refractivity contribution < 1.29 is 4.79 Å². The summed E-state index contributed by atoms with van der Waals surface area (Å²) >= 11 is 0. The number of nitrogens with zero attached hydrogens (tertiary/aromatic N) is 2. The van der Waals surface area contributed by atoms with E-state index in [9.17, 15) is 4.79 Å². The van der Waals surface area contributed by atoms with E-state index in [1.807, 2.05) is 36.4 Å². The highest BCUT2D eigenvalue weighted by Gasteiger charge is 2.16. The van der Waals surface area contributed by atoms with Gasteiger partial charge in [0.2, 0.25) is 0 Å². The topological polar surface area (TPSA) is 89.3 Å². The van der Waals surface area contributed by atoms with Crippen molar-refractivity contribution in [3.63, 3.8) is 0 Å². The molecule has 0 radical (unpaired) electrons. The highest BCUT2D eigenvalue weighted by atomic mass is 16.2. The third kappa shape index (κ3) is 6.46. The molecular formula is C28H29N5O. The molecule has 0 aromatic heterocycles. The van der Waals surface area contributed by atoms with Crippen molar-refractivity contribution in [1.29, 1.82) is 5.26 Å². The van der Waals surface area contributed by atoms with Crippen LogP contribution in [0.2, 0.25) is 0 Å². The van der Waals surface area contributed by atoms with E-state index >= 15 is 0 Å². The summed E-state index contributed by atoms with van der Waals surface area (Å²) in [4.78, 5) is 12.7. The molecule has 3 aromatic rings. The molecule has 3 N–H and O–H groups in total. The van der Waals surface area contributed by atoms with Crippen LogP contribution in [0.1, 0.15) is 59.2 Å². The summed E-state index contributed by atoms with van der Waals surface area (Å²) in [7, 11) is 0. The summed E-state index contributed by atoms with van der Waals surface area (Å²) in [6.45, 7) is 0.669. The lowest BCUT2D eigenvalue weighted by atomic mass is 9.95. The highest BCUT2D eigenvalue weighted by Crippen LogP contribution is 2.28. The van der Waals surface area contributed by atoms with Gasteiger partial charge in [-0.2, -0.15) is 10.4 Å². The van der Waals surface area contributed by atoms with Crippen molar-refractivity contribution in [3.05, 3.63) is 95.1 Å². The zero-order chi connectivity index (χ0) is 23.6. The monoisotopic (exact) mass is 451 g/mol. The standard InChI is InChI=1S/C28H29N5O/c29-18-21-11-13-23(14-12-21)20-31-33-28(34)24-15-16-26(32-25-9-5-2-6-10-25)27(17-24)30-19-22-7-3-1-4-8-22/h1,3-4,7-8,11-17,20,25,30,32H,2,5-6,9-10,19H2,(H,33,34)/b31-20+. The maximum atomic E-state index is 12.7. The third-order valence-electron chi connectivity index (χ3n) is 5.99. The number of carbonyl (C=O) groups excluding carboxylic acids is 1. The van der Waals surface area contributed by atoms with Gasteiger partial charge in [-0.1, -0.05) is 61.7 Å². The third-order valence-corrected chi connectivity index (χ3v) is 5.99. The minimum Gasteiger partial charge on any atom is -0.381 e. The molecule has 34 heavy (non-hydrogen) atoms. The lowest BCUT2D eigenvalue weighted by Crippen LogP contribution is -2.23. The van der Waals surface area contributed by atoms with Gasteiger partial charge < -0.3 is 10.6 Å². The molecule has 172 valence electrons. The average Bonchev–Trinajstić information content (AvgIpc) is 2.89. The Kier molecular flexibility index (Phi) is 7.91. The van der Waals surface area contributed by atoms with E-state index < -0.39 is 0 Å². The summed E-state index contributed by atoms with van der Waals surface area (Å²) < 4.78 is 0. The molecule has 1 aliphatic rings. The quantitative estimate of drug-likeness (QED) is 0.304. The van der Waals surface area contributed by atoms with Crippen LogP contribution in [0.5, 0.6) is 0 Å². The largest absolute Gasteiger partial charge is 0.381 e. The van der Waals surface area contributed by atoms with Crippen molar-refractivity contribution in [2.45, 2.75) is 44.7 Å². The Balaban J connectivity index is 1.46. The zero-order valence-corrected chi connectivity index (χ0v) is 19.1. The van der Waals surface area contributed by atoms with Crippen LogP contribution >= 0.6 is 0 Å². The molecule has 4 rings (SSSR count). The molecule has 0 unspecified atom stereocenters. The number of hydrazone groups is 1. The maximum absolute atomic E-state index is 12.7. The fourth-order valence-electron chi connectivity index (χ4n) is 4.09. The van der Waals surface area contributed by atoms with Gasteiger partial charge in [0.1, 0.15) is 0 Å². The van der Waals surface area contributed by atoms with Gasteiger partial charge in [-0.05, 0) is 54.3 Å². The summed E-state index contributed by atoms with van der Waals surface area (Å²) in [5.74, 6) is -0.281. The predicted molar refractivity (Wildman–Crippen MR) is 137 cm³/mol. The second-order valence-electron chi connectivity index (χ2n) is 8.51. The predicted octanol–water partition coefficient (Wildman–Crippen LogP) is 5.68. The summed E-state index contributed by atoms with van der Waals surface area (Å²) in [6.07, 6.45) is 7.71. The molecule has 1 saturated carbocycles. The van der Waals surface area contributed by atoms with Crippen molar-refractivity contribution in [2.24, 2.45) is 5.10 Å². The van der Waals surface area contributed by atoms with Crippen molar-refractivity contribution in [3.8, 4) is 6.07 Å². The number of benzene rings is 3. The number of nitrogens with one attached hydrogen (secondary N) is 3. The first-order valence-corrected chi connectivity index (χ1v) is 11.7. The van der Waals surface area contributed by atoms with Gasteiger partial charge in [-0.25, -0.2) is 5.43 Å². The minimum absolute atomic E-state index is 0.281. The van der Waals surface area contributed by atoms with E-state index in [0.29, 0.717) is 23.7 Å². The normalized spacial score (nSPS) is 13.9. The Morgan fingerprint density at radius 3 is 2.47 bits per heavy atom. The fraction of sp³-hybridized carbons (Fsp3) is 0.250. The van der Waals surface area contributed by atoms with Crippen molar-refractivity contribution >= 4 is 23.5 Å². The molecule has 0 spiro atoms. The molecule has 0 heterocycles. The molecule has 3 aromatic carbocycles. The van der Waals surface area contributed by atoms with Gasteiger partial charge in [0.05, 0.1) is 29.2 Å². The number of amides is 1. The number of hydrogen-bond acceptors (Lipinski definition) is 5. The zero-order valence-electron chi connectivity index (χ0n) is 19.1. The molecule has 1 amide bonds. The molecular weight excluding hydrogens is 422 g/mol. The number of hydrogen-bond donors (Lipinski definition) is 3. The van der Waals surface area contributed by atoms with Gasteiger partial charge >= 0.3 is 0 Å². The number of anilines is 2. The van der Waals surface area contributed by atoms with E-state index in [4.69, 9.17) is 5.26 Å². The van der Waals surface area contributed by atoms with Crippen LogP contribution in [-0.2, 0) is 6.54 Å². The van der Waals surface area contributed by atoms with Crippen LogP contribution in [0.25, 0.3) is 0 Å². The van der Waals surface area contributed by atoms with E-state index in [1.54, 1.807) is 30.5 Å². The highest BCUT2D eigenvalue weighted by molar-refractivity contribution is 5.97. The molecule has 0 saturated heterocycles. The van der Waals surface area contributed by atoms with Gasteiger partial charge in [-0.3, -0.25) is 4.79 Å². The van der Waals surface area contributed by atoms with Crippen LogP contribution < -0.4 is 16.1 Å². The second-order valence-corrected chi connectivity index (χ2v) is 8.51. The Labute approximate surface area is 200 Å². The molecule has 6 nitrogen and oxygen atoms in total. The van der Waals surface area contributed by atoms with Crippen molar-refractivity contribution in [1.82, 2.24) is 5.43 Å². The van der Waals surface area contributed by atoms with Crippen LogP contribution in [0.3, 0.4) is 0 Å². The molecule has 1 fully saturated rings. The Morgan fingerprint density at radius 1 is 0.971 bits per heavy atom. The van der Waals surface area contributed by atoms with Gasteiger partial charge in [0.15, 0.2) is 0 Å². The van der Waals surface area contributed by atoms with Crippen molar-refractivity contribution in [2.75, 3.05) is 10.6 Å². The summed E-state index contributed by atoms with van der Waals surface area (Å²) in [5, 5.41) is 20.1. The van der Waals surface area contributed by atoms with Crippen LogP contribution in [-0.4, -0.2) is 18.2 Å². The lowest BCUT2D eigenvalue weighted by Gasteiger charge is -2.25. The minimum atomic E-state index is -0.281. The molecule has 1 aliphatic carbocycles. The van der Waals surface area contributed by atoms with Crippen LogP contribution in [0.4, 0.5) is 11.4 Å². The Hall–Kier alpha value is -4.11. The SMILES string of the molecule is N#Cc1ccc(/C=N/NC(=O)c2ccc(NC3CCCCC3)c(NCc3ccccc3)c2)cc1. The van der Waals surface area contributed by atoms with E-state index in [1.165, 1.54) is 37.7 Å². The van der Waals surface area contributed by atoms with Gasteiger partial charge in [-0.15, -0.1) is 0 Å². The summed E-state index contributed by atoms with van der Waals surface area (Å²) in [5.41, 5.74) is 7.60. The first-order chi connectivity index (χ1) is 16.7. The molecule has 0 bridgehead atoms. The van der Waals surface area contributed by atoms with E-state index in [0.717, 1.165) is 16.9 Å². The smallest absolute Gasteiger partial charge is 0.271 e.